The van der Waals surface area contributed by atoms with Gasteiger partial charge < -0.3 is 10.3 Å². The number of nitrogens with one attached hydrogen (secondary N) is 2. The summed E-state index contributed by atoms with van der Waals surface area (Å²) in [5.74, 6) is -0.708. The van der Waals surface area contributed by atoms with Crippen molar-refractivity contribution in [2.45, 2.75) is 17.4 Å². The predicted molar refractivity (Wildman–Crippen MR) is 147 cm³/mol. The fourth-order valence-corrected chi connectivity index (χ4v) is 6.49. The first-order valence-corrected chi connectivity index (χ1v) is 14.4. The van der Waals surface area contributed by atoms with E-state index in [9.17, 15) is 22.8 Å². The maximum atomic E-state index is 13.3. The van der Waals surface area contributed by atoms with Gasteiger partial charge in [0.25, 0.3) is 5.91 Å². The number of rotatable bonds is 9. The van der Waals surface area contributed by atoms with Crippen molar-refractivity contribution in [1.82, 2.24) is 10.3 Å². The first kappa shape index (κ1) is 26.7. The molecule has 0 aliphatic rings. The van der Waals surface area contributed by atoms with Gasteiger partial charge in [-0.1, -0.05) is 59.8 Å². The molecule has 0 aliphatic heterocycles. The number of sulfone groups is 1. The minimum Gasteiger partial charge on any atom is -0.341 e. The number of thioether (sulfide) groups is 1. The molecular weight excluding hydrogens is 532 g/mol. The Kier molecular flexibility index (Phi) is 8.48. The number of amides is 1. The molecule has 7 nitrogen and oxygen atoms in total. The van der Waals surface area contributed by atoms with Crippen LogP contribution in [0.2, 0.25) is 5.02 Å². The number of hydrogen-bond donors (Lipinski definition) is 2. The van der Waals surface area contributed by atoms with E-state index in [2.05, 4.69) is 10.3 Å². The zero-order valence-corrected chi connectivity index (χ0v) is 21.9. The van der Waals surface area contributed by atoms with E-state index in [1.165, 1.54) is 18.2 Å². The van der Waals surface area contributed by atoms with E-state index in [-0.39, 0.29) is 28.4 Å². The summed E-state index contributed by atoms with van der Waals surface area (Å²) in [6.07, 6.45) is 0.0566. The number of H-pyrrole nitrogens is 1. The summed E-state index contributed by atoms with van der Waals surface area (Å²) < 4.78 is 25.2. The van der Waals surface area contributed by atoms with Crippen LogP contribution in [0.25, 0.3) is 10.9 Å². The number of aromatic amines is 1. The van der Waals surface area contributed by atoms with Crippen molar-refractivity contribution in [3.63, 3.8) is 0 Å². The number of pyridine rings is 1. The summed E-state index contributed by atoms with van der Waals surface area (Å²) in [7, 11) is -3.56. The summed E-state index contributed by atoms with van der Waals surface area (Å²) in [5, 5.41) is 3.56. The topological polar surface area (TPSA) is 113 Å². The molecule has 2 N–H and O–H groups in total. The van der Waals surface area contributed by atoms with Crippen molar-refractivity contribution < 1.29 is 18.0 Å². The second-order valence-corrected chi connectivity index (χ2v) is 11.9. The number of aromatic nitrogens is 1. The largest absolute Gasteiger partial charge is 0.341 e. The second-order valence-electron chi connectivity index (χ2n) is 8.24. The molecule has 190 valence electrons. The average molecular weight is 555 g/mol. The Bertz CT molecular complexity index is 1590. The summed E-state index contributed by atoms with van der Waals surface area (Å²) in [4.78, 5) is 41.4. The van der Waals surface area contributed by atoms with Crippen LogP contribution in [0.15, 0.2) is 94.6 Å². The van der Waals surface area contributed by atoms with Gasteiger partial charge in [0, 0.05) is 39.7 Å². The molecule has 3 aromatic carbocycles. The summed E-state index contributed by atoms with van der Waals surface area (Å²) in [6, 6.07) is 21.8. The lowest BCUT2D eigenvalue weighted by Gasteiger charge is -2.18. The highest BCUT2D eigenvalue weighted by molar-refractivity contribution is 8.14. The first-order valence-electron chi connectivity index (χ1n) is 11.3. The molecule has 1 amide bonds. The summed E-state index contributed by atoms with van der Waals surface area (Å²) in [6.45, 7) is 0. The van der Waals surface area contributed by atoms with Gasteiger partial charge in [-0.3, -0.25) is 14.4 Å². The average Bonchev–Trinajstić information content (AvgIpc) is 2.89. The Morgan fingerprint density at radius 3 is 2.35 bits per heavy atom. The Labute approximate surface area is 223 Å². The number of benzene rings is 3. The maximum absolute atomic E-state index is 13.3. The Hall–Kier alpha value is -3.40. The van der Waals surface area contributed by atoms with Crippen molar-refractivity contribution in [3.8, 4) is 0 Å². The number of carbonyl (C=O) groups excluding carboxylic acids is 2. The SMILES string of the molecule is O=C(NC(Cc1cc(=O)[nH]c2ccccc12)C(=O)SCCS(=O)(=O)c1ccccc1)c1ccc(Cl)cc1. The van der Waals surface area contributed by atoms with E-state index in [0.717, 1.165) is 17.1 Å². The minimum atomic E-state index is -3.56. The third-order valence-corrected chi connectivity index (χ3v) is 8.87. The molecule has 0 fully saturated rings. The number of carbonyl (C=O) groups is 2. The number of fused-ring (bicyclic) bond motifs is 1. The third-order valence-electron chi connectivity index (χ3n) is 5.66. The molecule has 10 heteroatoms. The van der Waals surface area contributed by atoms with E-state index in [1.54, 1.807) is 54.6 Å². The highest BCUT2D eigenvalue weighted by atomic mass is 35.5. The molecule has 0 radical (unpaired) electrons. The summed E-state index contributed by atoms with van der Waals surface area (Å²) in [5.41, 5.74) is 1.19. The van der Waals surface area contributed by atoms with Crippen LogP contribution in [-0.2, 0) is 21.1 Å². The van der Waals surface area contributed by atoms with Crippen LogP contribution in [0.1, 0.15) is 15.9 Å². The number of halogens is 1. The Balaban J connectivity index is 1.55. The predicted octanol–water partition coefficient (Wildman–Crippen LogP) is 4.26. The molecule has 0 saturated heterocycles. The molecule has 37 heavy (non-hydrogen) atoms. The van der Waals surface area contributed by atoms with Crippen LogP contribution in [-0.4, -0.2) is 42.0 Å². The van der Waals surface area contributed by atoms with Gasteiger partial charge in [0.05, 0.1) is 10.6 Å². The molecule has 0 saturated carbocycles. The fourth-order valence-electron chi connectivity index (χ4n) is 3.80. The first-order chi connectivity index (χ1) is 17.7. The van der Waals surface area contributed by atoms with Gasteiger partial charge in [0.15, 0.2) is 9.84 Å². The lowest BCUT2D eigenvalue weighted by Crippen LogP contribution is -2.41. The van der Waals surface area contributed by atoms with E-state index < -0.39 is 26.9 Å². The molecule has 1 atom stereocenters. The lowest BCUT2D eigenvalue weighted by atomic mass is 10.0. The van der Waals surface area contributed by atoms with E-state index in [1.807, 2.05) is 12.1 Å². The summed E-state index contributed by atoms with van der Waals surface area (Å²) >= 11 is 6.75. The van der Waals surface area contributed by atoms with Gasteiger partial charge in [-0.2, -0.15) is 0 Å². The standard InChI is InChI=1S/C27H23ClN2O5S2/c28-20-12-10-18(11-13-20)26(32)30-24(16-19-17-25(31)29-23-9-5-4-8-22(19)23)27(33)36-14-15-37(34,35)21-6-2-1-3-7-21/h1-13,17,24H,14-16H2,(H,29,31)(H,30,32). The lowest BCUT2D eigenvalue weighted by molar-refractivity contribution is -0.112. The molecule has 0 aliphatic carbocycles. The van der Waals surface area contributed by atoms with Crippen molar-refractivity contribution in [3.05, 3.63) is 111 Å². The van der Waals surface area contributed by atoms with Crippen LogP contribution in [0, 0.1) is 0 Å². The second kappa shape index (κ2) is 11.8. The van der Waals surface area contributed by atoms with Crippen LogP contribution >= 0.6 is 23.4 Å². The van der Waals surface area contributed by atoms with Crippen LogP contribution in [0.3, 0.4) is 0 Å². The maximum Gasteiger partial charge on any atom is 0.251 e. The van der Waals surface area contributed by atoms with Crippen molar-refractivity contribution in [2.75, 3.05) is 11.5 Å². The number of para-hydroxylation sites is 1. The number of hydrogen-bond acceptors (Lipinski definition) is 6. The fraction of sp³-hybridized carbons (Fsp3) is 0.148. The van der Waals surface area contributed by atoms with Gasteiger partial charge in [-0.15, -0.1) is 0 Å². The molecule has 0 bridgehead atoms. The van der Waals surface area contributed by atoms with Gasteiger partial charge in [0.1, 0.15) is 6.04 Å². The minimum absolute atomic E-state index is 0.0134. The van der Waals surface area contributed by atoms with E-state index in [0.29, 0.717) is 21.7 Å². The smallest absolute Gasteiger partial charge is 0.251 e. The Morgan fingerprint density at radius 2 is 1.62 bits per heavy atom. The Morgan fingerprint density at radius 1 is 0.946 bits per heavy atom. The highest BCUT2D eigenvalue weighted by Crippen LogP contribution is 2.20. The highest BCUT2D eigenvalue weighted by Gasteiger charge is 2.25. The quantitative estimate of drug-likeness (QED) is 0.320. The van der Waals surface area contributed by atoms with E-state index in [4.69, 9.17) is 11.6 Å². The molecule has 1 heterocycles. The molecule has 4 aromatic rings. The van der Waals surface area contributed by atoms with Crippen molar-refractivity contribution >= 4 is 55.1 Å². The zero-order chi connectivity index (χ0) is 26.4. The third kappa shape index (κ3) is 6.88. The van der Waals surface area contributed by atoms with Crippen LogP contribution in [0.4, 0.5) is 0 Å². The van der Waals surface area contributed by atoms with Crippen LogP contribution < -0.4 is 10.9 Å². The van der Waals surface area contributed by atoms with Gasteiger partial charge >= 0.3 is 0 Å². The molecule has 4 rings (SSSR count). The normalized spacial score (nSPS) is 12.2. The van der Waals surface area contributed by atoms with Gasteiger partial charge in [-0.25, -0.2) is 8.42 Å². The van der Waals surface area contributed by atoms with Gasteiger partial charge in [0.2, 0.25) is 10.7 Å². The van der Waals surface area contributed by atoms with Gasteiger partial charge in [-0.05, 0) is 48.0 Å². The van der Waals surface area contributed by atoms with Crippen molar-refractivity contribution in [2.24, 2.45) is 0 Å². The molecule has 0 spiro atoms. The molecule has 1 unspecified atom stereocenters. The van der Waals surface area contributed by atoms with Crippen LogP contribution in [0.5, 0.6) is 0 Å². The molecule has 1 aromatic heterocycles. The molecular formula is C27H23ClN2O5S2. The monoisotopic (exact) mass is 554 g/mol. The van der Waals surface area contributed by atoms with E-state index >= 15 is 0 Å². The van der Waals surface area contributed by atoms with Crippen molar-refractivity contribution in [1.29, 1.82) is 0 Å². The zero-order valence-electron chi connectivity index (χ0n) is 19.5.